The number of likely N-dealkylation sites (tertiary alicyclic amines) is 1. The zero-order valence-electron chi connectivity index (χ0n) is 83.3. The zero-order chi connectivity index (χ0) is 97.3. The van der Waals surface area contributed by atoms with Gasteiger partial charge in [0.1, 0.15) is 28.7 Å². The number of aromatic amines is 2. The maximum atomic E-state index is 13.6. The van der Waals surface area contributed by atoms with Gasteiger partial charge in [-0.2, -0.15) is 15.3 Å². The van der Waals surface area contributed by atoms with E-state index in [-0.39, 0.29) is 193 Å². The number of benzene rings is 2. The summed E-state index contributed by atoms with van der Waals surface area (Å²) in [5, 5.41) is 37.3. The van der Waals surface area contributed by atoms with E-state index in [4.69, 9.17) is 70.4 Å². The molecule has 41 heteroatoms. The Bertz CT molecular complexity index is 6830. The largest absolute Gasteiger partial charge is 1.00 e. The van der Waals surface area contributed by atoms with Crippen molar-refractivity contribution in [2.24, 2.45) is 17.8 Å². The number of fused-ring (bicyclic) bond motifs is 3. The number of morpholine rings is 3. The molecule has 0 saturated carbocycles. The maximum absolute atomic E-state index is 13.6. The molecule has 0 radical (unpaired) electrons. The smallest absolute Gasteiger partial charge is 1.00 e. The molecule has 139 heavy (non-hydrogen) atoms. The first-order valence-corrected chi connectivity index (χ1v) is 48.4. The summed E-state index contributed by atoms with van der Waals surface area (Å²) < 4.78 is 98.9. The van der Waals surface area contributed by atoms with Crippen LogP contribution in [0, 0.1) is 73.1 Å². The van der Waals surface area contributed by atoms with Crippen molar-refractivity contribution in [2.45, 2.75) is 164 Å². The molecule has 3 atom stereocenters. The summed E-state index contributed by atoms with van der Waals surface area (Å²) in [5.41, 5.74) is 16.7. The Hall–Kier alpha value is -8.79. The average molecular weight is 2180 g/mol. The summed E-state index contributed by atoms with van der Waals surface area (Å²) in [6.07, 6.45) is 11.3. The number of rotatable bonds is 19. The molecule has 6 fully saturated rings. The minimum absolute atomic E-state index is 0. The number of hydrogen-bond acceptors (Lipinski definition) is 29. The van der Waals surface area contributed by atoms with E-state index < -0.39 is 27.2 Å². The first kappa shape index (κ1) is 107. The number of anilines is 3. The molecule has 18 heterocycles. The number of ether oxygens (including phenoxy) is 4. The molecule has 1 amide bonds. The molecule has 20 rings (SSSR count). The molecule has 12 aromatic heterocycles. The van der Waals surface area contributed by atoms with Gasteiger partial charge in [-0.25, -0.2) is 74.4 Å². The number of aryl methyl sites for hydroxylation is 7. The number of aromatic nitrogens is 18. The SMILES string of the molecule is C.CCC1CN(C(=O)OC(C)(C)C)C1.Cc1ccc(S(=O)(=O)n2ccc3c(-c4nc(-c5c(C)n[nH]c5C)cc(N5CCOC[C@H]5C)n4)ccnc32)cc1.Cc1ccc(S(=O)(=O)n2ccc3c(-c4nc(-c5c(C)nn(CC6CNC6)c5C)cc(N5CCOC[C@H]5C)n4)ccnc32)cc1.Cc1n[nH]c(C)c1-c1cc(N2CCOC[C@H]2C)nc(-c2ccnc3c2ccn3CC2CNC2)n1.O=CO[O-].[2H]CF.[Cs+].[Cs+].[H-]. The molecule has 6 aliphatic heterocycles. The van der Waals surface area contributed by atoms with E-state index in [0.717, 1.165) is 178 Å². The van der Waals surface area contributed by atoms with Crippen LogP contribution in [0.4, 0.5) is 26.6 Å². The van der Waals surface area contributed by atoms with Crippen molar-refractivity contribution in [1.82, 2.24) is 103 Å². The third-order valence-electron chi connectivity index (χ3n) is 25.0. The Kier molecular flexibility index (Phi) is 37.2. The first-order chi connectivity index (χ1) is 65.8. The van der Waals surface area contributed by atoms with Crippen LogP contribution in [0.1, 0.15) is 110 Å². The van der Waals surface area contributed by atoms with Crippen molar-refractivity contribution >= 4 is 83.2 Å². The summed E-state index contributed by atoms with van der Waals surface area (Å²) in [6.45, 7) is 43.7. The summed E-state index contributed by atoms with van der Waals surface area (Å²) in [7, 11) is -8.71. The van der Waals surface area contributed by atoms with Crippen molar-refractivity contribution in [3.05, 3.63) is 186 Å². The predicted octanol–water partition coefficient (Wildman–Crippen LogP) is 7.22. The van der Waals surface area contributed by atoms with Crippen molar-refractivity contribution in [3.8, 4) is 67.9 Å². The van der Waals surface area contributed by atoms with Gasteiger partial charge >= 0.3 is 144 Å². The summed E-state index contributed by atoms with van der Waals surface area (Å²) in [5.74, 6) is 6.10. The van der Waals surface area contributed by atoms with Crippen LogP contribution in [-0.4, -0.2) is 251 Å². The van der Waals surface area contributed by atoms with Gasteiger partial charge in [-0.05, 0) is 170 Å². The summed E-state index contributed by atoms with van der Waals surface area (Å²) in [6, 6.07) is 31.6. The number of nitrogens with zero attached hydrogens (tertiary/aromatic N) is 20. The molecule has 36 nitrogen and oxygen atoms in total. The van der Waals surface area contributed by atoms with Crippen LogP contribution in [0.15, 0.2) is 150 Å². The standard InChI is InChI=1S/C32H36N8O3S.C28H29N7O3S.C25H30N8O.C10H19NO2.CH3F.CH2O3.CH4.2Cs.H/c1-20-5-7-25(8-6-20)44(41,42)40-12-10-27-26(9-11-34-32(27)40)31-35-28(15-29(36-31)38-13-14-43-19-21(38)2)30-22(3)37-39(23(30)4)18-24-16-33-17-24;1-17-5-7-21(8-6-17)39(36,37)35-12-10-23-22(9-11-29-28(23)35)27-30-24(26-19(3)32-33-20(26)4)15-25(31-27)34-13-14-38-16-18(34)2;1-15-14-34-9-8-33(15)22-10-21(23-16(2)30-31-17(23)3)28-24(29-22)19-4-6-27-25-20(19)5-7-32(25)13-18-11-26-12-18;1-5-8-6-11(7-8)9(12)13-10(2,3)4;1-2;2-1-4-3;;;;/h5-12,15,21,24,33H,13-14,16-19H2,1-4H3;5-12,15,18H,13-14,16H2,1-4H3,(H,32,33);4-7,10,15,18,26H,8-9,11-14H2,1-3H3,(H,30,31);8H,5-7H2,1-4H3;1H3;1,3H;1H4;;;/q;;;;;;;2*+1;-1/p-1/t21-;18-;15-;;;;;;;/m111......./s1/i;;;;1D;;;;;. The van der Waals surface area contributed by atoms with Crippen LogP contribution in [0.2, 0.25) is 0 Å². The maximum Gasteiger partial charge on any atom is 1.00 e. The number of nitrogens with one attached hydrogen (secondary N) is 4. The molecule has 728 valence electrons. The fourth-order valence-corrected chi connectivity index (χ4v) is 20.1. The molecular weight excluding hydrogens is 2050 g/mol. The Labute approximate surface area is 931 Å². The number of alkyl halides is 1. The number of pyridine rings is 3. The van der Waals surface area contributed by atoms with Gasteiger partial charge in [-0.15, -0.1) is 0 Å². The van der Waals surface area contributed by atoms with Crippen LogP contribution < -0.4 is 168 Å². The van der Waals surface area contributed by atoms with Gasteiger partial charge < -0.3 is 65.3 Å². The molecule has 2 aromatic carbocycles. The Balaban J connectivity index is 0.000000182. The van der Waals surface area contributed by atoms with Crippen LogP contribution in [-0.2, 0) is 61.8 Å². The summed E-state index contributed by atoms with van der Waals surface area (Å²) in [4.78, 5) is 75.5. The van der Waals surface area contributed by atoms with E-state index in [1.807, 2.05) is 106 Å². The van der Waals surface area contributed by atoms with Gasteiger partial charge in [0, 0.05) is 206 Å². The molecule has 6 aliphatic rings. The second kappa shape index (κ2) is 48.1. The van der Waals surface area contributed by atoms with E-state index in [9.17, 15) is 26.0 Å². The van der Waals surface area contributed by atoms with Crippen molar-refractivity contribution in [2.75, 3.05) is 120 Å². The van der Waals surface area contributed by atoms with Crippen LogP contribution in [0.25, 0.3) is 101 Å². The van der Waals surface area contributed by atoms with Crippen LogP contribution >= 0.6 is 0 Å². The number of amides is 1. The van der Waals surface area contributed by atoms with Gasteiger partial charge in [0.15, 0.2) is 28.8 Å². The fourth-order valence-electron chi connectivity index (χ4n) is 17.5. The van der Waals surface area contributed by atoms with Gasteiger partial charge in [0.2, 0.25) is 0 Å². The minimum Gasteiger partial charge on any atom is -1.00 e. The van der Waals surface area contributed by atoms with Gasteiger partial charge in [0.05, 0.1) is 110 Å². The molecule has 14 aromatic rings. The third-order valence-corrected chi connectivity index (χ3v) is 28.4. The Morgan fingerprint density at radius 2 is 0.921 bits per heavy atom. The minimum atomic E-state index is -3.86. The molecule has 0 aliphatic carbocycles. The molecule has 4 N–H and O–H groups in total. The van der Waals surface area contributed by atoms with Gasteiger partial charge in [-0.1, -0.05) is 49.7 Å². The molecule has 6 saturated heterocycles. The molecular formula is C98H123Cs2FN24O12S2. The number of halogens is 1. The van der Waals surface area contributed by atoms with Crippen molar-refractivity contribution < 1.29 is 200 Å². The normalized spacial score (nSPS) is 16.8. The number of hydrogen-bond donors (Lipinski definition) is 4. The molecule has 0 bridgehead atoms. The van der Waals surface area contributed by atoms with E-state index in [0.29, 0.717) is 121 Å². The second-order valence-electron chi connectivity index (χ2n) is 36.0. The topological polar surface area (TPSA) is 415 Å². The van der Waals surface area contributed by atoms with Crippen molar-refractivity contribution in [3.63, 3.8) is 0 Å². The van der Waals surface area contributed by atoms with Crippen molar-refractivity contribution in [1.29, 1.82) is 0 Å². The van der Waals surface area contributed by atoms with Gasteiger partial charge in [-0.3, -0.25) is 24.1 Å². The predicted molar refractivity (Wildman–Crippen MR) is 524 cm³/mol. The van der Waals surface area contributed by atoms with E-state index in [1.54, 1.807) is 84.2 Å². The first-order valence-electron chi connectivity index (χ1n) is 46.3. The Morgan fingerprint density at radius 3 is 1.27 bits per heavy atom. The monoisotopic (exact) mass is 2180 g/mol. The van der Waals surface area contributed by atoms with E-state index in [1.165, 1.54) is 14.1 Å². The average Bonchev–Trinajstić information content (AvgIpc) is 1.66. The Morgan fingerprint density at radius 1 is 0.547 bits per heavy atom. The molecule has 0 spiro atoms. The fraction of sp³-hybridized carbons (Fsp3) is 0.429. The van der Waals surface area contributed by atoms with E-state index in [2.05, 4.69) is 123 Å². The number of H-pyrrole nitrogens is 2. The van der Waals surface area contributed by atoms with E-state index >= 15 is 0 Å². The quantitative estimate of drug-likeness (QED) is 0.0352. The van der Waals surface area contributed by atoms with Crippen LogP contribution in [0.5, 0.6) is 0 Å². The number of carbonyl (C=O) groups excluding carboxylic acids is 2. The second-order valence-corrected chi connectivity index (χ2v) is 39.6. The third kappa shape index (κ3) is 24.7. The number of carbonyl (C=O) groups is 2. The summed E-state index contributed by atoms with van der Waals surface area (Å²) >= 11 is 0. The van der Waals surface area contributed by atoms with Crippen LogP contribution in [0.3, 0.4) is 0 Å². The van der Waals surface area contributed by atoms with Gasteiger partial charge in [0.25, 0.3) is 26.5 Å². The molecule has 0 unspecified atom stereocenters. The zero-order valence-corrected chi connectivity index (χ0v) is 95.5.